The summed E-state index contributed by atoms with van der Waals surface area (Å²) in [7, 11) is 0. The van der Waals surface area contributed by atoms with E-state index in [0.717, 1.165) is 34.6 Å². The van der Waals surface area contributed by atoms with E-state index in [-0.39, 0.29) is 0 Å². The Balaban J connectivity index is 1.34. The molecule has 154 valence electrons. The highest BCUT2D eigenvalue weighted by Crippen LogP contribution is 2.34. The molecule has 1 atom stereocenters. The summed E-state index contributed by atoms with van der Waals surface area (Å²) in [6.07, 6.45) is 1.46. The fraction of sp³-hybridized carbons (Fsp3) is 0.435. The normalized spacial score (nSPS) is 18.9. The molecule has 2 aliphatic rings. The summed E-state index contributed by atoms with van der Waals surface area (Å²) in [5, 5.41) is 11.4. The lowest BCUT2D eigenvalue weighted by atomic mass is 9.97. The van der Waals surface area contributed by atoms with Crippen LogP contribution in [0.15, 0.2) is 42.5 Å². The molecule has 6 heteroatoms. The van der Waals surface area contributed by atoms with Crippen LogP contribution in [-0.2, 0) is 24.4 Å². The number of carbonyl (C=O) groups is 1. The van der Waals surface area contributed by atoms with Crippen LogP contribution in [0, 0.1) is 5.92 Å². The average Bonchev–Trinajstić information content (AvgIpc) is 3.56. The topological polar surface area (TPSA) is 61.8 Å². The summed E-state index contributed by atoms with van der Waals surface area (Å²) in [5.74, 6) is 1.06. The summed E-state index contributed by atoms with van der Waals surface area (Å²) >= 11 is 0. The zero-order chi connectivity index (χ0) is 20.2. The molecule has 2 aromatic rings. The Labute approximate surface area is 170 Å². The minimum absolute atomic E-state index is 0.368. The van der Waals surface area contributed by atoms with Crippen molar-refractivity contribution in [3.8, 4) is 5.75 Å². The number of alkyl halides is 1. The third kappa shape index (κ3) is 5.34. The van der Waals surface area contributed by atoms with Gasteiger partial charge in [-0.1, -0.05) is 30.3 Å². The Bertz CT molecular complexity index is 852. The number of carbonyl (C=O) groups excluding carboxylic acids is 1. The molecular weight excluding hydrogens is 371 g/mol. The lowest BCUT2D eigenvalue weighted by molar-refractivity contribution is -0.123. The molecule has 29 heavy (non-hydrogen) atoms. The molecule has 1 amide bonds. The Morgan fingerprint density at radius 3 is 2.66 bits per heavy atom. The number of aliphatic hydroxyl groups excluding tert-OH is 1. The predicted molar refractivity (Wildman–Crippen MR) is 108 cm³/mol. The number of fused-ring (bicyclic) bond motifs is 1. The van der Waals surface area contributed by atoms with Crippen LogP contribution in [0.5, 0.6) is 5.75 Å². The molecule has 1 saturated carbocycles. The second-order valence-corrected chi connectivity index (χ2v) is 8.00. The minimum Gasteiger partial charge on any atom is -0.493 e. The summed E-state index contributed by atoms with van der Waals surface area (Å²) in [6, 6.07) is 13.7. The maximum Gasteiger partial charge on any atom is 0.245 e. The number of nitrogens with zero attached hydrogens (tertiary/aromatic N) is 1. The maximum atomic E-state index is 14.8. The van der Waals surface area contributed by atoms with Crippen molar-refractivity contribution in [3.05, 3.63) is 64.7 Å². The number of nitrogens with one attached hydrogen (secondary N) is 1. The van der Waals surface area contributed by atoms with Crippen molar-refractivity contribution in [1.29, 1.82) is 0 Å². The van der Waals surface area contributed by atoms with Crippen molar-refractivity contribution in [2.24, 2.45) is 5.92 Å². The molecule has 5 nitrogen and oxygen atoms in total. The van der Waals surface area contributed by atoms with Gasteiger partial charge in [-0.05, 0) is 53.1 Å². The van der Waals surface area contributed by atoms with Gasteiger partial charge >= 0.3 is 0 Å². The molecule has 0 bridgehead atoms. The van der Waals surface area contributed by atoms with Gasteiger partial charge in [-0.25, -0.2) is 4.39 Å². The number of benzene rings is 2. The first-order chi connectivity index (χ1) is 14.1. The molecule has 0 aromatic heterocycles. The van der Waals surface area contributed by atoms with Gasteiger partial charge in [0.25, 0.3) is 0 Å². The van der Waals surface area contributed by atoms with E-state index in [1.54, 1.807) is 0 Å². The first kappa shape index (κ1) is 19.9. The van der Waals surface area contributed by atoms with Crippen LogP contribution < -0.4 is 10.1 Å². The van der Waals surface area contributed by atoms with Crippen LogP contribution in [0.25, 0.3) is 0 Å². The molecule has 1 fully saturated rings. The highest BCUT2D eigenvalue weighted by Gasteiger charge is 2.26. The van der Waals surface area contributed by atoms with E-state index in [2.05, 4.69) is 10.2 Å². The van der Waals surface area contributed by atoms with E-state index >= 15 is 0 Å². The number of hydrogen-bond acceptors (Lipinski definition) is 4. The molecule has 0 saturated heterocycles. The summed E-state index contributed by atoms with van der Waals surface area (Å²) in [5.41, 5.74) is 3.83. The van der Waals surface area contributed by atoms with Gasteiger partial charge in [-0.3, -0.25) is 9.69 Å². The standard InChI is InChI=1S/C23H27FN2O3/c24-22-13-26(11-17-3-1-16(2-4-17)10-25-23(28)14-27)12-19-7-8-20(9-21(19)22)29-15-18-5-6-18/h1-4,7-9,18,22,27H,5-6,10-15H2,(H,25,28). The minimum atomic E-state index is -1.02. The Morgan fingerprint density at radius 1 is 1.17 bits per heavy atom. The fourth-order valence-electron chi connectivity index (χ4n) is 3.63. The van der Waals surface area contributed by atoms with Crippen molar-refractivity contribution in [2.75, 3.05) is 19.8 Å². The zero-order valence-electron chi connectivity index (χ0n) is 16.4. The van der Waals surface area contributed by atoms with Crippen molar-refractivity contribution < 1.29 is 19.0 Å². The predicted octanol–water partition coefficient (Wildman–Crippen LogP) is 3.11. The zero-order valence-corrected chi connectivity index (χ0v) is 16.4. The summed E-state index contributed by atoms with van der Waals surface area (Å²) in [4.78, 5) is 13.2. The van der Waals surface area contributed by atoms with Gasteiger partial charge in [0, 0.05) is 26.2 Å². The molecule has 2 aromatic carbocycles. The third-order valence-corrected chi connectivity index (χ3v) is 5.51. The fourth-order valence-corrected chi connectivity index (χ4v) is 3.63. The Hall–Kier alpha value is -2.44. The molecule has 1 aliphatic carbocycles. The lowest BCUT2D eigenvalue weighted by Gasteiger charge is -2.31. The van der Waals surface area contributed by atoms with Crippen LogP contribution in [-0.4, -0.2) is 35.7 Å². The molecule has 1 heterocycles. The lowest BCUT2D eigenvalue weighted by Crippen LogP contribution is -2.31. The van der Waals surface area contributed by atoms with Crippen LogP contribution in [0.2, 0.25) is 0 Å². The number of amides is 1. The highest BCUT2D eigenvalue weighted by molar-refractivity contribution is 5.76. The van der Waals surface area contributed by atoms with Crippen molar-refractivity contribution in [3.63, 3.8) is 0 Å². The molecule has 0 spiro atoms. The van der Waals surface area contributed by atoms with Gasteiger partial charge in [-0.2, -0.15) is 0 Å². The second-order valence-electron chi connectivity index (χ2n) is 8.00. The van der Waals surface area contributed by atoms with Gasteiger partial charge in [0.2, 0.25) is 5.91 Å². The molecule has 2 N–H and O–H groups in total. The first-order valence-corrected chi connectivity index (χ1v) is 10.2. The van der Waals surface area contributed by atoms with Crippen LogP contribution >= 0.6 is 0 Å². The Morgan fingerprint density at radius 2 is 1.93 bits per heavy atom. The monoisotopic (exact) mass is 398 g/mol. The van der Waals surface area contributed by atoms with Gasteiger partial charge in [0.1, 0.15) is 18.5 Å². The SMILES string of the molecule is O=C(CO)NCc1ccc(CN2Cc3ccc(OCC4CC4)cc3C(F)C2)cc1. The van der Waals surface area contributed by atoms with E-state index < -0.39 is 18.7 Å². The number of halogens is 1. The number of aliphatic hydroxyl groups is 1. The van der Waals surface area contributed by atoms with E-state index in [1.807, 2.05) is 42.5 Å². The van der Waals surface area contributed by atoms with E-state index in [9.17, 15) is 9.18 Å². The van der Waals surface area contributed by atoms with Gasteiger partial charge in [0.05, 0.1) is 6.61 Å². The quantitative estimate of drug-likeness (QED) is 0.717. The molecular formula is C23H27FN2O3. The molecule has 1 aliphatic heterocycles. The van der Waals surface area contributed by atoms with Gasteiger partial charge < -0.3 is 15.2 Å². The highest BCUT2D eigenvalue weighted by atomic mass is 19.1. The Kier molecular flexibility index (Phi) is 6.11. The van der Waals surface area contributed by atoms with Crippen molar-refractivity contribution in [1.82, 2.24) is 10.2 Å². The van der Waals surface area contributed by atoms with Gasteiger partial charge in [-0.15, -0.1) is 0 Å². The molecule has 4 rings (SSSR count). The van der Waals surface area contributed by atoms with Crippen molar-refractivity contribution in [2.45, 2.75) is 38.6 Å². The average molecular weight is 398 g/mol. The van der Waals surface area contributed by atoms with Crippen LogP contribution in [0.1, 0.15) is 41.3 Å². The van der Waals surface area contributed by atoms with E-state index in [0.29, 0.717) is 32.1 Å². The molecule has 1 unspecified atom stereocenters. The maximum absolute atomic E-state index is 14.8. The number of hydrogen-bond donors (Lipinski definition) is 2. The smallest absolute Gasteiger partial charge is 0.245 e. The van der Waals surface area contributed by atoms with Gasteiger partial charge in [0.15, 0.2) is 0 Å². The van der Waals surface area contributed by atoms with Crippen LogP contribution in [0.3, 0.4) is 0 Å². The number of rotatable bonds is 8. The third-order valence-electron chi connectivity index (χ3n) is 5.51. The van der Waals surface area contributed by atoms with Crippen molar-refractivity contribution >= 4 is 5.91 Å². The number of ether oxygens (including phenoxy) is 1. The van der Waals surface area contributed by atoms with E-state index in [1.165, 1.54) is 12.8 Å². The van der Waals surface area contributed by atoms with Crippen LogP contribution in [0.4, 0.5) is 4.39 Å². The van der Waals surface area contributed by atoms with E-state index in [4.69, 9.17) is 9.84 Å². The largest absolute Gasteiger partial charge is 0.493 e. The summed E-state index contributed by atoms with van der Waals surface area (Å²) in [6.45, 7) is 2.37. The second kappa shape index (κ2) is 8.93. The molecule has 0 radical (unpaired) electrons. The summed E-state index contributed by atoms with van der Waals surface area (Å²) < 4.78 is 20.6. The first-order valence-electron chi connectivity index (χ1n) is 10.2.